The molecule has 2 aromatic rings. The van der Waals surface area contributed by atoms with Crippen molar-refractivity contribution in [3.63, 3.8) is 0 Å². The maximum atomic E-state index is 13.5. The van der Waals surface area contributed by atoms with Gasteiger partial charge in [0.15, 0.2) is 0 Å². The number of sulfonamides is 1. The van der Waals surface area contributed by atoms with Crippen molar-refractivity contribution in [1.29, 1.82) is 0 Å². The summed E-state index contributed by atoms with van der Waals surface area (Å²) in [7, 11) is -3.87. The highest BCUT2D eigenvalue weighted by molar-refractivity contribution is 7.89. The quantitative estimate of drug-likeness (QED) is 0.568. The zero-order valence-electron chi connectivity index (χ0n) is 21.4. The molecule has 2 N–H and O–H groups in total. The maximum absolute atomic E-state index is 13.5. The summed E-state index contributed by atoms with van der Waals surface area (Å²) in [4.78, 5) is 26.9. The Bertz CT molecular complexity index is 1390. The van der Waals surface area contributed by atoms with Crippen molar-refractivity contribution < 1.29 is 22.7 Å². The van der Waals surface area contributed by atoms with Crippen molar-refractivity contribution in [1.82, 2.24) is 9.62 Å². The van der Waals surface area contributed by atoms with Crippen molar-refractivity contribution >= 4 is 38.5 Å². The molecule has 2 aliphatic rings. The average molecular weight is 524 g/mol. The Balaban J connectivity index is 1.56. The van der Waals surface area contributed by atoms with E-state index in [1.165, 1.54) is 6.07 Å². The molecule has 0 saturated carbocycles. The normalized spacial score (nSPS) is 20.1. The lowest BCUT2D eigenvalue weighted by molar-refractivity contribution is -0.112. The number of fused-ring (bicyclic) bond motifs is 1. The van der Waals surface area contributed by atoms with Gasteiger partial charge in [0.05, 0.1) is 11.5 Å². The van der Waals surface area contributed by atoms with Gasteiger partial charge in [-0.05, 0) is 50.3 Å². The van der Waals surface area contributed by atoms with Crippen LogP contribution in [-0.2, 0) is 19.6 Å². The molecule has 1 aliphatic carbocycles. The molecule has 196 valence electrons. The van der Waals surface area contributed by atoms with Gasteiger partial charge in [-0.3, -0.25) is 4.79 Å². The highest BCUT2D eigenvalue weighted by Crippen LogP contribution is 2.31. The van der Waals surface area contributed by atoms with Crippen LogP contribution in [0.25, 0.3) is 10.8 Å². The van der Waals surface area contributed by atoms with E-state index in [2.05, 4.69) is 10.0 Å². The standard InChI is InChI=1S/C28H33N3O5S/c1-4-36-28(33)31-17-16-24(20(3)18-31)30-37(34,35)26-15-14-25(22-12-8-9-13-23(22)26)29-27(32)21-11-7-5-6-10-19(21)2/h5-6,8-15,20,24,30H,4,7,16-18H2,1-3H3,(H,29,32)/t20-,24?/m0/s1. The first kappa shape index (κ1) is 26.6. The van der Waals surface area contributed by atoms with E-state index in [0.717, 1.165) is 5.57 Å². The van der Waals surface area contributed by atoms with Crippen molar-refractivity contribution in [2.75, 3.05) is 25.0 Å². The minimum Gasteiger partial charge on any atom is -0.450 e. The van der Waals surface area contributed by atoms with E-state index < -0.39 is 10.0 Å². The molecule has 1 saturated heterocycles. The van der Waals surface area contributed by atoms with Crippen molar-refractivity contribution in [2.45, 2.75) is 44.6 Å². The van der Waals surface area contributed by atoms with E-state index in [1.54, 1.807) is 36.1 Å². The van der Waals surface area contributed by atoms with Gasteiger partial charge in [0, 0.05) is 41.2 Å². The van der Waals surface area contributed by atoms with E-state index in [0.29, 0.717) is 54.6 Å². The van der Waals surface area contributed by atoms with Gasteiger partial charge in [-0.1, -0.05) is 55.5 Å². The third-order valence-electron chi connectivity index (χ3n) is 6.77. The lowest BCUT2D eigenvalue weighted by atomic mass is 9.95. The van der Waals surface area contributed by atoms with Crippen LogP contribution in [0.4, 0.5) is 10.5 Å². The molecular formula is C28H33N3O5S. The summed E-state index contributed by atoms with van der Waals surface area (Å²) in [6, 6.07) is 9.98. The fraction of sp³-hybridized carbons (Fsp3) is 0.357. The Morgan fingerprint density at radius 2 is 1.89 bits per heavy atom. The van der Waals surface area contributed by atoms with Gasteiger partial charge >= 0.3 is 6.09 Å². The third kappa shape index (κ3) is 5.94. The van der Waals surface area contributed by atoms with E-state index in [9.17, 15) is 18.0 Å². The number of hydrogen-bond donors (Lipinski definition) is 2. The van der Waals surface area contributed by atoms with Gasteiger partial charge in [-0.15, -0.1) is 0 Å². The molecule has 0 spiro atoms. The summed E-state index contributed by atoms with van der Waals surface area (Å²) >= 11 is 0. The first-order chi connectivity index (χ1) is 17.7. The van der Waals surface area contributed by atoms with Crippen LogP contribution in [0.1, 0.15) is 33.6 Å². The Morgan fingerprint density at radius 3 is 2.62 bits per heavy atom. The van der Waals surface area contributed by atoms with Crippen LogP contribution >= 0.6 is 0 Å². The molecule has 0 bridgehead atoms. The van der Waals surface area contributed by atoms with E-state index >= 15 is 0 Å². The summed E-state index contributed by atoms with van der Waals surface area (Å²) in [5, 5.41) is 4.12. The highest BCUT2D eigenvalue weighted by atomic mass is 32.2. The Morgan fingerprint density at radius 1 is 1.14 bits per heavy atom. The number of benzene rings is 2. The first-order valence-electron chi connectivity index (χ1n) is 12.5. The van der Waals surface area contributed by atoms with Crippen LogP contribution in [-0.4, -0.2) is 51.1 Å². The minimum atomic E-state index is -3.87. The average Bonchev–Trinajstić information content (AvgIpc) is 3.09. The van der Waals surface area contributed by atoms with E-state index in [1.807, 2.05) is 44.2 Å². The van der Waals surface area contributed by atoms with Gasteiger partial charge in [-0.2, -0.15) is 0 Å². The van der Waals surface area contributed by atoms with Crippen LogP contribution in [0.2, 0.25) is 0 Å². The number of allylic oxidation sites excluding steroid dienone is 4. The number of ether oxygens (including phenoxy) is 1. The number of rotatable bonds is 6. The Kier molecular flexibility index (Phi) is 8.14. The number of carbonyl (C=O) groups excluding carboxylic acids is 2. The Labute approximate surface area is 218 Å². The second kappa shape index (κ2) is 11.3. The number of carbonyl (C=O) groups is 2. The smallest absolute Gasteiger partial charge is 0.409 e. The zero-order valence-corrected chi connectivity index (χ0v) is 22.2. The SMILES string of the molecule is CCOC(=O)N1CCC(NS(=O)(=O)c2ccc(NC(=O)C3=CCC=CC=C3C)c3ccccc23)[C@@H](C)C1. The molecule has 1 aliphatic heterocycles. The van der Waals surface area contributed by atoms with Gasteiger partial charge in [0.2, 0.25) is 10.0 Å². The summed E-state index contributed by atoms with van der Waals surface area (Å²) < 4.78 is 35.0. The van der Waals surface area contributed by atoms with Crippen LogP contribution in [0.5, 0.6) is 0 Å². The lowest BCUT2D eigenvalue weighted by Crippen LogP contribution is -2.51. The fourth-order valence-corrected chi connectivity index (χ4v) is 6.36. The number of piperidine rings is 1. The molecule has 2 amide bonds. The van der Waals surface area contributed by atoms with Crippen molar-refractivity contribution in [2.24, 2.45) is 5.92 Å². The second-order valence-electron chi connectivity index (χ2n) is 9.38. The summed E-state index contributed by atoms with van der Waals surface area (Å²) in [5.41, 5.74) is 2.00. The second-order valence-corrected chi connectivity index (χ2v) is 11.1. The van der Waals surface area contributed by atoms with Crippen LogP contribution in [0.15, 0.2) is 76.7 Å². The molecular weight excluding hydrogens is 490 g/mol. The number of likely N-dealkylation sites (tertiary alicyclic amines) is 1. The fourth-order valence-electron chi connectivity index (χ4n) is 4.77. The molecule has 8 nitrogen and oxygen atoms in total. The number of anilines is 1. The van der Waals surface area contributed by atoms with Gasteiger partial charge < -0.3 is 15.0 Å². The van der Waals surface area contributed by atoms with Gasteiger partial charge in [0.25, 0.3) is 5.91 Å². The van der Waals surface area contributed by atoms with Gasteiger partial charge in [0.1, 0.15) is 0 Å². The highest BCUT2D eigenvalue weighted by Gasteiger charge is 2.33. The predicted molar refractivity (Wildman–Crippen MR) is 145 cm³/mol. The molecule has 4 rings (SSSR count). The summed E-state index contributed by atoms with van der Waals surface area (Å²) in [6.07, 6.45) is 8.46. The largest absolute Gasteiger partial charge is 0.450 e. The molecule has 0 radical (unpaired) electrons. The molecule has 1 fully saturated rings. The summed E-state index contributed by atoms with van der Waals surface area (Å²) in [5.74, 6) is -0.324. The number of nitrogens with one attached hydrogen (secondary N) is 2. The lowest BCUT2D eigenvalue weighted by Gasteiger charge is -2.36. The predicted octanol–water partition coefficient (Wildman–Crippen LogP) is 4.76. The zero-order chi connectivity index (χ0) is 26.6. The first-order valence-corrected chi connectivity index (χ1v) is 14.0. The van der Waals surface area contributed by atoms with Crippen molar-refractivity contribution in [3.05, 3.63) is 71.8 Å². The third-order valence-corrected chi connectivity index (χ3v) is 8.32. The number of amides is 2. The number of hydrogen-bond acceptors (Lipinski definition) is 5. The van der Waals surface area contributed by atoms with E-state index in [-0.39, 0.29) is 28.9 Å². The molecule has 0 aromatic heterocycles. The molecule has 9 heteroatoms. The monoisotopic (exact) mass is 523 g/mol. The van der Waals surface area contributed by atoms with Crippen molar-refractivity contribution in [3.8, 4) is 0 Å². The molecule has 37 heavy (non-hydrogen) atoms. The summed E-state index contributed by atoms with van der Waals surface area (Å²) in [6.45, 7) is 6.70. The van der Waals surface area contributed by atoms with Crippen LogP contribution in [0, 0.1) is 5.92 Å². The number of nitrogens with zero attached hydrogens (tertiary/aromatic N) is 1. The molecule has 1 unspecified atom stereocenters. The maximum Gasteiger partial charge on any atom is 0.409 e. The van der Waals surface area contributed by atoms with Crippen LogP contribution in [0.3, 0.4) is 0 Å². The molecule has 2 atom stereocenters. The minimum absolute atomic E-state index is 0.0867. The Hall–Kier alpha value is -3.43. The van der Waals surface area contributed by atoms with Gasteiger partial charge in [-0.25, -0.2) is 17.9 Å². The van der Waals surface area contributed by atoms with Crippen LogP contribution < -0.4 is 10.0 Å². The topological polar surface area (TPSA) is 105 Å². The van der Waals surface area contributed by atoms with E-state index in [4.69, 9.17) is 4.74 Å². The molecule has 1 heterocycles. The molecule has 2 aromatic carbocycles.